The van der Waals surface area contributed by atoms with Crippen molar-refractivity contribution in [3.63, 3.8) is 0 Å². The van der Waals surface area contributed by atoms with Crippen LogP contribution in [0.2, 0.25) is 5.02 Å². The van der Waals surface area contributed by atoms with E-state index in [1.807, 2.05) is 0 Å². The molecular formula is C14H13ClFNO3S. The molecule has 0 aliphatic carbocycles. The molecule has 1 saturated heterocycles. The number of amides is 1. The molecule has 1 N–H and O–H groups in total. The molecule has 2 rings (SSSR count). The number of rotatable bonds is 3. The van der Waals surface area contributed by atoms with Gasteiger partial charge in [0.05, 0.1) is 5.02 Å². The molecule has 1 aliphatic heterocycles. The van der Waals surface area contributed by atoms with Crippen LogP contribution in [0.3, 0.4) is 0 Å². The van der Waals surface area contributed by atoms with Crippen molar-refractivity contribution in [3.05, 3.63) is 40.7 Å². The smallest absolute Gasteiger partial charge is 0.327 e. The lowest BCUT2D eigenvalue weighted by atomic mass is 10.2. The maximum absolute atomic E-state index is 13.6. The van der Waals surface area contributed by atoms with Crippen LogP contribution < -0.4 is 0 Å². The predicted octanol–water partition coefficient (Wildman–Crippen LogP) is 2.52. The number of hydrogen-bond acceptors (Lipinski definition) is 3. The largest absolute Gasteiger partial charge is 0.480 e. The van der Waals surface area contributed by atoms with E-state index in [0.717, 1.165) is 6.08 Å². The van der Waals surface area contributed by atoms with E-state index < -0.39 is 23.7 Å². The Labute approximate surface area is 130 Å². The molecule has 0 aromatic heterocycles. The summed E-state index contributed by atoms with van der Waals surface area (Å²) in [5.74, 6) is -0.982. The monoisotopic (exact) mass is 329 g/mol. The number of hydrogen-bond donors (Lipinski definition) is 1. The van der Waals surface area contributed by atoms with Crippen LogP contribution in [0, 0.1) is 5.82 Å². The van der Waals surface area contributed by atoms with Gasteiger partial charge in [0, 0.05) is 29.7 Å². The lowest BCUT2D eigenvalue weighted by Crippen LogP contribution is -2.49. The Morgan fingerprint density at radius 1 is 1.48 bits per heavy atom. The molecule has 1 aromatic rings. The molecule has 1 atom stereocenters. The average Bonchev–Trinajstić information content (AvgIpc) is 2.46. The summed E-state index contributed by atoms with van der Waals surface area (Å²) >= 11 is 7.36. The number of carboxylic acids is 1. The number of carbonyl (C=O) groups is 2. The Hall–Kier alpha value is -1.53. The maximum Gasteiger partial charge on any atom is 0.327 e. The third-order valence-corrected chi connectivity index (χ3v) is 4.44. The summed E-state index contributed by atoms with van der Waals surface area (Å²) < 4.78 is 13.6. The highest BCUT2D eigenvalue weighted by Crippen LogP contribution is 2.21. The van der Waals surface area contributed by atoms with E-state index >= 15 is 0 Å². The van der Waals surface area contributed by atoms with Crippen LogP contribution in [-0.2, 0) is 9.59 Å². The minimum absolute atomic E-state index is 0.116. The van der Waals surface area contributed by atoms with Crippen molar-refractivity contribution < 1.29 is 19.1 Å². The lowest BCUT2D eigenvalue weighted by Gasteiger charge is -2.31. The Morgan fingerprint density at radius 3 is 2.90 bits per heavy atom. The van der Waals surface area contributed by atoms with Crippen LogP contribution in [0.1, 0.15) is 5.56 Å². The van der Waals surface area contributed by atoms with Gasteiger partial charge in [-0.25, -0.2) is 9.18 Å². The van der Waals surface area contributed by atoms with Crippen LogP contribution in [0.4, 0.5) is 4.39 Å². The zero-order valence-electron chi connectivity index (χ0n) is 11.0. The van der Waals surface area contributed by atoms with E-state index in [-0.39, 0.29) is 10.6 Å². The zero-order chi connectivity index (χ0) is 15.4. The molecule has 0 radical (unpaired) electrons. The van der Waals surface area contributed by atoms with Gasteiger partial charge in [-0.1, -0.05) is 17.7 Å². The lowest BCUT2D eigenvalue weighted by molar-refractivity contribution is -0.147. The van der Waals surface area contributed by atoms with Gasteiger partial charge >= 0.3 is 5.97 Å². The van der Waals surface area contributed by atoms with Crippen molar-refractivity contribution in [2.75, 3.05) is 18.1 Å². The molecule has 1 aliphatic rings. The van der Waals surface area contributed by atoms with Gasteiger partial charge in [-0.3, -0.25) is 4.79 Å². The standard InChI is InChI=1S/C14H13ClFNO3S/c15-10-2-1-3-11(16)9(10)4-5-13(18)17-6-7-21-8-12(17)14(19)20/h1-5,12H,6-8H2,(H,19,20)/b5-4+. The normalized spacial score (nSPS) is 19.0. The summed E-state index contributed by atoms with van der Waals surface area (Å²) in [5, 5.41) is 9.32. The van der Waals surface area contributed by atoms with Crippen molar-refractivity contribution in [2.24, 2.45) is 0 Å². The van der Waals surface area contributed by atoms with Crippen molar-refractivity contribution in [2.45, 2.75) is 6.04 Å². The maximum atomic E-state index is 13.6. The number of carbonyl (C=O) groups excluding carboxylic acids is 1. The van der Waals surface area contributed by atoms with Crippen molar-refractivity contribution in [1.29, 1.82) is 0 Å². The molecule has 1 aromatic carbocycles. The second kappa shape index (κ2) is 6.95. The number of carboxylic acid groups (broad SMARTS) is 1. The Balaban J connectivity index is 2.16. The fraction of sp³-hybridized carbons (Fsp3) is 0.286. The molecule has 1 fully saturated rings. The van der Waals surface area contributed by atoms with E-state index in [2.05, 4.69) is 0 Å². The van der Waals surface area contributed by atoms with Crippen LogP contribution >= 0.6 is 23.4 Å². The first-order valence-corrected chi connectivity index (χ1v) is 7.77. The minimum Gasteiger partial charge on any atom is -0.480 e. The Morgan fingerprint density at radius 2 is 2.24 bits per heavy atom. The molecule has 21 heavy (non-hydrogen) atoms. The number of aliphatic carboxylic acids is 1. The summed E-state index contributed by atoms with van der Waals surface area (Å²) in [6, 6.07) is 3.39. The first-order chi connectivity index (χ1) is 10.0. The second-order valence-corrected chi connectivity index (χ2v) is 5.99. The molecule has 0 bridgehead atoms. The van der Waals surface area contributed by atoms with Crippen LogP contribution in [0.5, 0.6) is 0 Å². The number of thioether (sulfide) groups is 1. The van der Waals surface area contributed by atoms with Crippen LogP contribution in [0.15, 0.2) is 24.3 Å². The van der Waals surface area contributed by atoms with Crippen LogP contribution in [-0.4, -0.2) is 46.0 Å². The summed E-state index contributed by atoms with van der Waals surface area (Å²) in [4.78, 5) is 24.5. The summed E-state index contributed by atoms with van der Waals surface area (Å²) in [6.45, 7) is 0.357. The SMILES string of the molecule is O=C(O)C1CSCCN1C(=O)/C=C/c1c(F)cccc1Cl. The van der Waals surface area contributed by atoms with E-state index in [4.69, 9.17) is 16.7 Å². The topological polar surface area (TPSA) is 57.6 Å². The number of nitrogens with zero attached hydrogens (tertiary/aromatic N) is 1. The fourth-order valence-corrected chi connectivity index (χ4v) is 3.26. The van der Waals surface area contributed by atoms with E-state index in [1.165, 1.54) is 40.9 Å². The summed E-state index contributed by atoms with van der Waals surface area (Å²) in [6.07, 6.45) is 2.44. The first-order valence-electron chi connectivity index (χ1n) is 6.24. The Kier molecular flexibility index (Phi) is 5.25. The zero-order valence-corrected chi connectivity index (χ0v) is 12.5. The van der Waals surface area contributed by atoms with Crippen LogP contribution in [0.25, 0.3) is 6.08 Å². The molecule has 1 heterocycles. The highest BCUT2D eigenvalue weighted by atomic mass is 35.5. The molecule has 7 heteroatoms. The summed E-state index contributed by atoms with van der Waals surface area (Å²) in [5.41, 5.74) is 0.116. The van der Waals surface area contributed by atoms with Gasteiger partial charge in [-0.2, -0.15) is 11.8 Å². The van der Waals surface area contributed by atoms with Gasteiger partial charge in [0.25, 0.3) is 0 Å². The minimum atomic E-state index is -1.03. The number of benzene rings is 1. The van der Waals surface area contributed by atoms with Crippen molar-refractivity contribution >= 4 is 41.3 Å². The molecule has 0 spiro atoms. The van der Waals surface area contributed by atoms with E-state index in [0.29, 0.717) is 18.1 Å². The van der Waals surface area contributed by atoms with Gasteiger partial charge < -0.3 is 10.0 Å². The first kappa shape index (κ1) is 15.9. The van der Waals surface area contributed by atoms with Gasteiger partial charge in [-0.15, -0.1) is 0 Å². The van der Waals surface area contributed by atoms with Crippen molar-refractivity contribution in [3.8, 4) is 0 Å². The van der Waals surface area contributed by atoms with E-state index in [1.54, 1.807) is 0 Å². The van der Waals surface area contributed by atoms with Gasteiger partial charge in [-0.05, 0) is 18.2 Å². The predicted molar refractivity (Wildman–Crippen MR) is 80.9 cm³/mol. The Bertz CT molecular complexity index is 573. The average molecular weight is 330 g/mol. The summed E-state index contributed by atoms with van der Waals surface area (Å²) in [7, 11) is 0. The molecule has 1 amide bonds. The highest BCUT2D eigenvalue weighted by molar-refractivity contribution is 7.99. The van der Waals surface area contributed by atoms with Gasteiger partial charge in [0.1, 0.15) is 11.9 Å². The van der Waals surface area contributed by atoms with Gasteiger partial charge in [0.2, 0.25) is 5.91 Å². The molecule has 4 nitrogen and oxygen atoms in total. The number of halogens is 2. The van der Waals surface area contributed by atoms with E-state index in [9.17, 15) is 14.0 Å². The second-order valence-electron chi connectivity index (χ2n) is 4.43. The molecular weight excluding hydrogens is 317 g/mol. The third kappa shape index (κ3) is 3.77. The van der Waals surface area contributed by atoms with Crippen molar-refractivity contribution in [1.82, 2.24) is 4.90 Å². The molecule has 1 unspecified atom stereocenters. The third-order valence-electron chi connectivity index (χ3n) is 3.09. The van der Waals surface area contributed by atoms with Gasteiger partial charge in [0.15, 0.2) is 0 Å². The fourth-order valence-electron chi connectivity index (χ4n) is 1.99. The highest BCUT2D eigenvalue weighted by Gasteiger charge is 2.31. The quantitative estimate of drug-likeness (QED) is 0.866. The molecule has 112 valence electrons. The molecule has 0 saturated carbocycles.